The van der Waals surface area contributed by atoms with Crippen LogP contribution in [0.1, 0.15) is 17.5 Å². The fraction of sp³-hybridized carbons (Fsp3) is 0.500. The molecule has 0 unspecified atom stereocenters. The summed E-state index contributed by atoms with van der Waals surface area (Å²) in [6.07, 6.45) is -6.34. The van der Waals surface area contributed by atoms with Crippen molar-refractivity contribution in [1.29, 1.82) is 0 Å². The number of aryl methyl sites for hydroxylation is 1. The van der Waals surface area contributed by atoms with Gasteiger partial charge in [-0.3, -0.25) is 4.90 Å². The number of benzene rings is 1. The van der Waals surface area contributed by atoms with Crippen molar-refractivity contribution in [3.63, 3.8) is 0 Å². The summed E-state index contributed by atoms with van der Waals surface area (Å²) in [5.41, 5.74) is 0.195. The van der Waals surface area contributed by atoms with Crippen LogP contribution < -0.4 is 0 Å². The molecule has 0 aliphatic carbocycles. The van der Waals surface area contributed by atoms with Gasteiger partial charge in [-0.2, -0.15) is 13.2 Å². The van der Waals surface area contributed by atoms with Gasteiger partial charge < -0.3 is 20.4 Å². The van der Waals surface area contributed by atoms with Crippen LogP contribution in [0.4, 0.5) is 13.2 Å². The zero-order valence-corrected chi connectivity index (χ0v) is 15.8. The number of nitrogens with zero attached hydrogens (tertiary/aromatic N) is 1. The van der Waals surface area contributed by atoms with Crippen LogP contribution in [-0.2, 0) is 16.1 Å². The van der Waals surface area contributed by atoms with E-state index in [0.717, 1.165) is 15.6 Å². The Hall–Kier alpha value is -1.69. The molecule has 0 saturated carbocycles. The van der Waals surface area contributed by atoms with Crippen LogP contribution >= 0.6 is 15.9 Å². The van der Waals surface area contributed by atoms with Gasteiger partial charge in [0.25, 0.3) is 0 Å². The van der Waals surface area contributed by atoms with E-state index in [1.807, 2.05) is 24.0 Å². The van der Waals surface area contributed by atoms with E-state index in [2.05, 4.69) is 22.0 Å². The molecule has 0 spiro atoms. The number of hydrogen-bond donors (Lipinski definition) is 4. The number of carbonyl (C=O) groups is 2. The number of halogens is 4. The first-order valence-electron chi connectivity index (χ1n) is 7.68. The van der Waals surface area contributed by atoms with Crippen molar-refractivity contribution in [3.05, 3.63) is 33.8 Å². The molecule has 1 heterocycles. The molecule has 27 heavy (non-hydrogen) atoms. The van der Waals surface area contributed by atoms with Crippen molar-refractivity contribution >= 4 is 27.9 Å². The van der Waals surface area contributed by atoms with Crippen molar-refractivity contribution in [3.8, 4) is 0 Å². The minimum absolute atomic E-state index is 0.0208. The Kier molecular flexibility index (Phi) is 7.78. The third kappa shape index (κ3) is 6.45. The largest absolute Gasteiger partial charge is 0.490 e. The molecule has 2 atom stereocenters. The van der Waals surface area contributed by atoms with Gasteiger partial charge in [0.15, 0.2) is 5.60 Å². The highest BCUT2D eigenvalue weighted by atomic mass is 79.9. The number of aliphatic hydroxyl groups excluding tert-OH is 1. The lowest BCUT2D eigenvalue weighted by atomic mass is 9.88. The monoisotopic (exact) mass is 457 g/mol. The average molecular weight is 458 g/mol. The second kappa shape index (κ2) is 9.00. The van der Waals surface area contributed by atoms with E-state index in [-0.39, 0.29) is 13.0 Å². The van der Waals surface area contributed by atoms with Crippen LogP contribution in [-0.4, -0.2) is 68.2 Å². The van der Waals surface area contributed by atoms with E-state index in [1.54, 1.807) is 0 Å². The van der Waals surface area contributed by atoms with Crippen LogP contribution in [0.15, 0.2) is 22.7 Å². The summed E-state index contributed by atoms with van der Waals surface area (Å²) in [5.74, 6) is -4.12. The Balaban J connectivity index is 0.000000445. The molecule has 1 aliphatic heterocycles. The third-order valence-electron chi connectivity index (χ3n) is 4.00. The van der Waals surface area contributed by atoms with Crippen molar-refractivity contribution in [2.75, 3.05) is 13.1 Å². The van der Waals surface area contributed by atoms with Gasteiger partial charge in [-0.1, -0.05) is 33.6 Å². The average Bonchev–Trinajstić information content (AvgIpc) is 2.54. The van der Waals surface area contributed by atoms with Crippen molar-refractivity contribution in [2.45, 2.75) is 37.8 Å². The molecule has 1 aromatic rings. The first-order valence-corrected chi connectivity index (χ1v) is 8.48. The number of piperidine rings is 1. The summed E-state index contributed by atoms with van der Waals surface area (Å²) < 4.78 is 32.7. The summed E-state index contributed by atoms with van der Waals surface area (Å²) in [4.78, 5) is 21.9. The van der Waals surface area contributed by atoms with E-state index >= 15 is 0 Å². The molecule has 11 heteroatoms. The summed E-state index contributed by atoms with van der Waals surface area (Å²) in [6.45, 7) is 3.18. The number of hydrogen-bond acceptors (Lipinski definition) is 5. The number of rotatable bonds is 3. The fourth-order valence-corrected chi connectivity index (χ4v) is 2.81. The van der Waals surface area contributed by atoms with E-state index < -0.39 is 29.8 Å². The maximum Gasteiger partial charge on any atom is 0.490 e. The highest BCUT2D eigenvalue weighted by Gasteiger charge is 2.47. The minimum Gasteiger partial charge on any atom is -0.479 e. The van der Waals surface area contributed by atoms with Gasteiger partial charge in [0.1, 0.15) is 6.10 Å². The van der Waals surface area contributed by atoms with Gasteiger partial charge in [-0.25, -0.2) is 9.59 Å². The standard InChI is InChI=1S/C14H18BrNO4.C2HF3O2/c1-9-2-3-11(15)10(6-9)7-16-5-4-14(20,13(18)19)12(17)8-16;3-2(4,5)1(6)7/h2-3,6,12,17,20H,4-5,7-8H2,1H3,(H,18,19);(H,6,7)/t12-,14+;/m0./s1. The quantitative estimate of drug-likeness (QED) is 0.546. The predicted molar refractivity (Wildman–Crippen MR) is 91.1 cm³/mol. The second-order valence-electron chi connectivity index (χ2n) is 6.13. The number of alkyl halides is 3. The van der Waals surface area contributed by atoms with E-state index in [9.17, 15) is 28.2 Å². The molecule has 1 fully saturated rings. The maximum absolute atomic E-state index is 11.0. The van der Waals surface area contributed by atoms with Gasteiger partial charge in [0, 0.05) is 30.5 Å². The van der Waals surface area contributed by atoms with Crippen LogP contribution in [0, 0.1) is 6.92 Å². The zero-order valence-electron chi connectivity index (χ0n) is 14.2. The van der Waals surface area contributed by atoms with E-state index in [1.165, 1.54) is 0 Å². The summed E-state index contributed by atoms with van der Waals surface area (Å²) in [7, 11) is 0. The number of carboxylic acid groups (broad SMARTS) is 2. The molecule has 0 bridgehead atoms. The Morgan fingerprint density at radius 2 is 1.89 bits per heavy atom. The predicted octanol–water partition coefficient (Wildman–Crippen LogP) is 1.77. The number of likely N-dealkylation sites (tertiary alicyclic amines) is 1. The molecule has 2 rings (SSSR count). The molecule has 0 aromatic heterocycles. The lowest BCUT2D eigenvalue weighted by Gasteiger charge is -2.39. The van der Waals surface area contributed by atoms with E-state index in [0.29, 0.717) is 13.1 Å². The molecular weight excluding hydrogens is 439 g/mol. The number of β-amino-alcohol motifs (C(OH)–C–C–N with tert-alkyl or cyclic N) is 1. The highest BCUT2D eigenvalue weighted by molar-refractivity contribution is 9.10. The van der Waals surface area contributed by atoms with Crippen molar-refractivity contribution in [1.82, 2.24) is 4.90 Å². The Morgan fingerprint density at radius 1 is 1.33 bits per heavy atom. The molecule has 152 valence electrons. The lowest BCUT2D eigenvalue weighted by Crippen LogP contribution is -2.59. The van der Waals surface area contributed by atoms with Crippen LogP contribution in [0.2, 0.25) is 0 Å². The molecule has 1 aliphatic rings. The van der Waals surface area contributed by atoms with Gasteiger partial charge in [-0.05, 0) is 18.6 Å². The first-order chi connectivity index (χ1) is 12.3. The smallest absolute Gasteiger partial charge is 0.479 e. The summed E-state index contributed by atoms with van der Waals surface area (Å²) >= 11 is 3.49. The van der Waals surface area contributed by atoms with Crippen molar-refractivity contribution < 1.29 is 43.2 Å². The third-order valence-corrected chi connectivity index (χ3v) is 4.77. The molecule has 0 amide bonds. The Morgan fingerprint density at radius 3 is 2.33 bits per heavy atom. The second-order valence-corrected chi connectivity index (χ2v) is 6.98. The maximum atomic E-state index is 11.0. The highest BCUT2D eigenvalue weighted by Crippen LogP contribution is 2.26. The minimum atomic E-state index is -5.08. The topological polar surface area (TPSA) is 118 Å². The van der Waals surface area contributed by atoms with E-state index in [4.69, 9.17) is 15.0 Å². The molecule has 1 aromatic carbocycles. The Labute approximate surface area is 161 Å². The molecule has 7 nitrogen and oxygen atoms in total. The van der Waals surface area contributed by atoms with Crippen molar-refractivity contribution in [2.24, 2.45) is 0 Å². The van der Waals surface area contributed by atoms with Crippen LogP contribution in [0.5, 0.6) is 0 Å². The van der Waals surface area contributed by atoms with Crippen LogP contribution in [0.25, 0.3) is 0 Å². The normalized spacial score (nSPS) is 23.3. The first kappa shape index (κ1) is 23.3. The number of aliphatic hydroxyl groups is 2. The van der Waals surface area contributed by atoms with Gasteiger partial charge in [0.05, 0.1) is 0 Å². The number of aliphatic carboxylic acids is 2. The van der Waals surface area contributed by atoms with Crippen LogP contribution in [0.3, 0.4) is 0 Å². The summed E-state index contributed by atoms with van der Waals surface area (Å²) in [5, 5.41) is 35.9. The molecule has 4 N–H and O–H groups in total. The molecule has 0 radical (unpaired) electrons. The van der Waals surface area contributed by atoms with Gasteiger partial charge >= 0.3 is 18.1 Å². The number of carboxylic acids is 2. The molecule has 1 saturated heterocycles. The lowest BCUT2D eigenvalue weighted by molar-refractivity contribution is -0.192. The molecular formula is C16H19BrF3NO6. The summed E-state index contributed by atoms with van der Waals surface area (Å²) in [6, 6.07) is 6.02. The van der Waals surface area contributed by atoms with Gasteiger partial charge in [0.2, 0.25) is 0 Å². The zero-order chi connectivity index (χ0) is 21.0. The van der Waals surface area contributed by atoms with Gasteiger partial charge in [-0.15, -0.1) is 0 Å². The Bertz CT molecular complexity index is 699. The SMILES string of the molecule is Cc1ccc(Br)c(CN2CC[C@](O)(C(=O)O)[C@@H](O)C2)c1.O=C(O)C(F)(F)F. The fourth-order valence-electron chi connectivity index (χ4n) is 2.44.